The molecule has 2 aromatic carbocycles. The summed E-state index contributed by atoms with van der Waals surface area (Å²) in [5.41, 5.74) is 2.64. The molecule has 98 valence electrons. The van der Waals surface area contributed by atoms with Gasteiger partial charge in [0.25, 0.3) is 0 Å². The Balaban J connectivity index is 2.24. The van der Waals surface area contributed by atoms with Crippen molar-refractivity contribution in [1.29, 1.82) is 0 Å². The third kappa shape index (κ3) is 3.15. The summed E-state index contributed by atoms with van der Waals surface area (Å²) in [4.78, 5) is 11.2. The molecule has 0 unspecified atom stereocenters. The number of aryl methyl sites for hydroxylation is 2. The summed E-state index contributed by atoms with van der Waals surface area (Å²) in [6.45, 7) is 5.43. The lowest BCUT2D eigenvalue weighted by Gasteiger charge is -2.10. The summed E-state index contributed by atoms with van der Waals surface area (Å²) in [7, 11) is 0. The maximum atomic E-state index is 11.2. The van der Waals surface area contributed by atoms with Crippen molar-refractivity contribution in [2.75, 3.05) is 0 Å². The number of rotatable bonds is 3. The standard InChI is InChI=1S/C16H15ClO2/c1-10-8-15(9-11(2)16(10)17)19-14-6-4-13(5-7-14)12(3)18/h4-9H,1-3H3. The molecule has 0 spiro atoms. The van der Waals surface area contributed by atoms with Gasteiger partial charge in [-0.3, -0.25) is 4.79 Å². The largest absolute Gasteiger partial charge is 0.457 e. The Labute approximate surface area is 118 Å². The maximum Gasteiger partial charge on any atom is 0.159 e. The monoisotopic (exact) mass is 274 g/mol. The molecule has 0 N–H and O–H groups in total. The first-order valence-corrected chi connectivity index (χ1v) is 6.41. The van der Waals surface area contributed by atoms with Crippen molar-refractivity contribution in [2.24, 2.45) is 0 Å². The molecule has 0 aliphatic carbocycles. The molecule has 0 aliphatic rings. The van der Waals surface area contributed by atoms with Crippen LogP contribution in [0, 0.1) is 13.8 Å². The van der Waals surface area contributed by atoms with Crippen molar-refractivity contribution < 1.29 is 9.53 Å². The minimum absolute atomic E-state index is 0.0460. The average molecular weight is 275 g/mol. The Morgan fingerprint density at radius 2 is 1.53 bits per heavy atom. The smallest absolute Gasteiger partial charge is 0.159 e. The predicted octanol–water partition coefficient (Wildman–Crippen LogP) is 4.95. The van der Waals surface area contributed by atoms with Crippen molar-refractivity contribution in [1.82, 2.24) is 0 Å². The van der Waals surface area contributed by atoms with E-state index < -0.39 is 0 Å². The number of hydrogen-bond donors (Lipinski definition) is 0. The number of Topliss-reactive ketones (excluding diaryl/α,β-unsaturated/α-hetero) is 1. The fourth-order valence-corrected chi connectivity index (χ4v) is 1.97. The molecule has 3 heteroatoms. The highest BCUT2D eigenvalue weighted by Gasteiger charge is 2.05. The van der Waals surface area contributed by atoms with E-state index in [9.17, 15) is 4.79 Å². The highest BCUT2D eigenvalue weighted by atomic mass is 35.5. The first-order valence-electron chi connectivity index (χ1n) is 6.03. The van der Waals surface area contributed by atoms with Gasteiger partial charge in [-0.05, 0) is 68.3 Å². The van der Waals surface area contributed by atoms with Gasteiger partial charge < -0.3 is 4.74 Å². The number of carbonyl (C=O) groups is 1. The van der Waals surface area contributed by atoms with Crippen LogP contribution in [0.15, 0.2) is 36.4 Å². The summed E-state index contributed by atoms with van der Waals surface area (Å²) >= 11 is 6.12. The first kappa shape index (κ1) is 13.6. The van der Waals surface area contributed by atoms with Gasteiger partial charge in [0.15, 0.2) is 5.78 Å². The number of hydrogen-bond acceptors (Lipinski definition) is 2. The molecule has 2 nitrogen and oxygen atoms in total. The predicted molar refractivity (Wildman–Crippen MR) is 77.4 cm³/mol. The van der Waals surface area contributed by atoms with Crippen LogP contribution in [0.5, 0.6) is 11.5 Å². The first-order chi connectivity index (χ1) is 8.97. The summed E-state index contributed by atoms with van der Waals surface area (Å²) < 4.78 is 5.76. The molecule has 2 rings (SSSR count). The van der Waals surface area contributed by atoms with E-state index in [1.807, 2.05) is 26.0 Å². The van der Waals surface area contributed by atoms with Crippen molar-refractivity contribution in [3.8, 4) is 11.5 Å². The van der Waals surface area contributed by atoms with Gasteiger partial charge in [0, 0.05) is 10.6 Å². The van der Waals surface area contributed by atoms with Gasteiger partial charge >= 0.3 is 0 Å². The van der Waals surface area contributed by atoms with Crippen LogP contribution in [-0.2, 0) is 0 Å². The van der Waals surface area contributed by atoms with Gasteiger partial charge in [-0.1, -0.05) is 11.6 Å². The van der Waals surface area contributed by atoms with Crippen LogP contribution in [0.3, 0.4) is 0 Å². The molecule has 0 saturated heterocycles. The van der Waals surface area contributed by atoms with E-state index in [-0.39, 0.29) is 5.78 Å². The van der Waals surface area contributed by atoms with Crippen LogP contribution in [0.4, 0.5) is 0 Å². The molecule has 0 aliphatic heterocycles. The summed E-state index contributed by atoms with van der Waals surface area (Å²) in [6.07, 6.45) is 0. The molecule has 0 fully saturated rings. The zero-order valence-corrected chi connectivity index (χ0v) is 11.9. The number of benzene rings is 2. The minimum Gasteiger partial charge on any atom is -0.457 e. The molecular formula is C16H15ClO2. The fourth-order valence-electron chi connectivity index (χ4n) is 1.86. The van der Waals surface area contributed by atoms with E-state index >= 15 is 0 Å². The van der Waals surface area contributed by atoms with Gasteiger partial charge in [0.05, 0.1) is 0 Å². The van der Waals surface area contributed by atoms with Gasteiger partial charge in [-0.2, -0.15) is 0 Å². The highest BCUT2D eigenvalue weighted by Crippen LogP contribution is 2.29. The molecule has 2 aromatic rings. The number of ketones is 1. The van der Waals surface area contributed by atoms with Gasteiger partial charge in [0.2, 0.25) is 0 Å². The van der Waals surface area contributed by atoms with Crippen LogP contribution in [0.25, 0.3) is 0 Å². The lowest BCUT2D eigenvalue weighted by atomic mass is 10.1. The Morgan fingerprint density at radius 3 is 2.00 bits per heavy atom. The quantitative estimate of drug-likeness (QED) is 0.740. The summed E-state index contributed by atoms with van der Waals surface area (Å²) in [5, 5.41) is 0.763. The van der Waals surface area contributed by atoms with Crippen LogP contribution in [0.1, 0.15) is 28.4 Å². The molecule has 19 heavy (non-hydrogen) atoms. The topological polar surface area (TPSA) is 26.3 Å². The number of ether oxygens (including phenoxy) is 1. The van der Waals surface area contributed by atoms with Gasteiger partial charge in [-0.25, -0.2) is 0 Å². The van der Waals surface area contributed by atoms with Gasteiger partial charge in [-0.15, -0.1) is 0 Å². The van der Waals surface area contributed by atoms with Crippen molar-refractivity contribution in [3.05, 3.63) is 58.1 Å². The summed E-state index contributed by atoms with van der Waals surface area (Å²) in [5.74, 6) is 1.49. The normalized spacial score (nSPS) is 10.3. The van der Waals surface area contributed by atoms with Crippen LogP contribution < -0.4 is 4.74 Å². The zero-order chi connectivity index (χ0) is 14.0. The Morgan fingerprint density at radius 1 is 1.00 bits per heavy atom. The van der Waals surface area contributed by atoms with E-state index in [2.05, 4.69) is 0 Å². The Kier molecular flexibility index (Phi) is 3.91. The van der Waals surface area contributed by atoms with Crippen LogP contribution in [0.2, 0.25) is 5.02 Å². The van der Waals surface area contributed by atoms with Crippen LogP contribution in [-0.4, -0.2) is 5.78 Å². The molecule has 0 heterocycles. The summed E-state index contributed by atoms with van der Waals surface area (Å²) in [6, 6.07) is 10.9. The average Bonchev–Trinajstić information content (AvgIpc) is 2.36. The minimum atomic E-state index is 0.0460. The Hall–Kier alpha value is -1.80. The molecule has 0 atom stereocenters. The Bertz CT molecular complexity index is 592. The maximum absolute atomic E-state index is 11.2. The molecule has 0 amide bonds. The molecule has 0 radical (unpaired) electrons. The highest BCUT2D eigenvalue weighted by molar-refractivity contribution is 6.32. The number of carbonyl (C=O) groups excluding carboxylic acids is 1. The van der Waals surface area contributed by atoms with E-state index in [1.165, 1.54) is 0 Å². The molecule has 0 aromatic heterocycles. The lowest BCUT2D eigenvalue weighted by Crippen LogP contribution is -1.92. The SMILES string of the molecule is CC(=O)c1ccc(Oc2cc(C)c(Cl)c(C)c2)cc1. The molecular weight excluding hydrogens is 260 g/mol. The number of halogens is 1. The van der Waals surface area contributed by atoms with Crippen molar-refractivity contribution in [2.45, 2.75) is 20.8 Å². The van der Waals surface area contributed by atoms with E-state index in [4.69, 9.17) is 16.3 Å². The molecule has 0 bridgehead atoms. The second kappa shape index (κ2) is 5.45. The van der Waals surface area contributed by atoms with E-state index in [0.29, 0.717) is 11.3 Å². The van der Waals surface area contributed by atoms with E-state index in [1.54, 1.807) is 31.2 Å². The fraction of sp³-hybridized carbons (Fsp3) is 0.188. The second-order valence-electron chi connectivity index (χ2n) is 4.55. The van der Waals surface area contributed by atoms with E-state index in [0.717, 1.165) is 21.9 Å². The van der Waals surface area contributed by atoms with Crippen molar-refractivity contribution in [3.63, 3.8) is 0 Å². The van der Waals surface area contributed by atoms with Gasteiger partial charge in [0.1, 0.15) is 11.5 Å². The van der Waals surface area contributed by atoms with Crippen molar-refractivity contribution >= 4 is 17.4 Å². The third-order valence-corrected chi connectivity index (χ3v) is 3.50. The molecule has 0 saturated carbocycles. The lowest BCUT2D eigenvalue weighted by molar-refractivity contribution is 0.101. The zero-order valence-electron chi connectivity index (χ0n) is 11.2. The second-order valence-corrected chi connectivity index (χ2v) is 4.93. The van der Waals surface area contributed by atoms with Crippen LogP contribution >= 0.6 is 11.6 Å². The third-order valence-electron chi connectivity index (χ3n) is 2.91.